The van der Waals surface area contributed by atoms with Gasteiger partial charge in [0.05, 0.1) is 16.8 Å². The number of aryl methyl sites for hydroxylation is 2. The standard InChI is InChI=1S/C13H15ClN4O2S/c1-4-7-6(2)21-13(9(7)11(15)19)17-12(20)10-8(14)5-16-18(10)3/h5H,4H2,1-3H3,(H2,15,19)(H,17,20). The fraction of sp³-hybridized carbons (Fsp3) is 0.308. The van der Waals surface area contributed by atoms with Crippen molar-refractivity contribution in [3.8, 4) is 0 Å². The minimum absolute atomic E-state index is 0.233. The lowest BCUT2D eigenvalue weighted by Gasteiger charge is -2.06. The number of anilines is 1. The number of carbonyl (C=O) groups is 2. The van der Waals surface area contributed by atoms with Gasteiger partial charge in [-0.15, -0.1) is 11.3 Å². The lowest BCUT2D eigenvalue weighted by atomic mass is 10.1. The first-order chi connectivity index (χ1) is 9.86. The number of carbonyl (C=O) groups excluding carboxylic acids is 2. The molecule has 112 valence electrons. The molecule has 0 bridgehead atoms. The van der Waals surface area contributed by atoms with E-state index in [1.165, 1.54) is 22.2 Å². The first-order valence-electron chi connectivity index (χ1n) is 6.27. The van der Waals surface area contributed by atoms with Crippen molar-refractivity contribution < 1.29 is 9.59 Å². The first-order valence-corrected chi connectivity index (χ1v) is 7.47. The second-order valence-electron chi connectivity index (χ2n) is 4.48. The Balaban J connectivity index is 2.41. The third kappa shape index (κ3) is 2.79. The van der Waals surface area contributed by atoms with Crippen molar-refractivity contribution in [3.63, 3.8) is 0 Å². The van der Waals surface area contributed by atoms with Gasteiger partial charge in [-0.1, -0.05) is 18.5 Å². The van der Waals surface area contributed by atoms with E-state index in [2.05, 4.69) is 10.4 Å². The molecule has 0 spiro atoms. The molecule has 2 heterocycles. The summed E-state index contributed by atoms with van der Waals surface area (Å²) < 4.78 is 1.38. The van der Waals surface area contributed by atoms with Crippen molar-refractivity contribution in [2.45, 2.75) is 20.3 Å². The predicted octanol–water partition coefficient (Wildman–Crippen LogP) is 2.36. The lowest BCUT2D eigenvalue weighted by molar-refractivity contribution is 0.100. The maximum absolute atomic E-state index is 12.3. The summed E-state index contributed by atoms with van der Waals surface area (Å²) in [4.78, 5) is 24.9. The summed E-state index contributed by atoms with van der Waals surface area (Å²) in [6, 6.07) is 0. The Morgan fingerprint density at radius 2 is 2.19 bits per heavy atom. The SMILES string of the molecule is CCc1c(C)sc(NC(=O)c2c(Cl)cnn2C)c1C(N)=O. The van der Waals surface area contributed by atoms with Crippen LogP contribution in [0.1, 0.15) is 38.2 Å². The predicted molar refractivity (Wildman–Crippen MR) is 83.1 cm³/mol. The number of halogens is 1. The molecule has 2 rings (SSSR count). The number of thiophene rings is 1. The molecule has 0 aliphatic carbocycles. The highest BCUT2D eigenvalue weighted by Crippen LogP contribution is 2.33. The molecule has 2 aromatic rings. The van der Waals surface area contributed by atoms with E-state index >= 15 is 0 Å². The highest BCUT2D eigenvalue weighted by molar-refractivity contribution is 7.16. The van der Waals surface area contributed by atoms with E-state index in [0.29, 0.717) is 17.0 Å². The number of nitrogens with two attached hydrogens (primary N) is 1. The maximum atomic E-state index is 12.3. The number of hydrogen-bond acceptors (Lipinski definition) is 4. The third-order valence-corrected chi connectivity index (χ3v) is 4.48. The van der Waals surface area contributed by atoms with Gasteiger partial charge in [0, 0.05) is 11.9 Å². The van der Waals surface area contributed by atoms with Crippen LogP contribution in [0.25, 0.3) is 0 Å². The molecule has 0 aliphatic rings. The van der Waals surface area contributed by atoms with Gasteiger partial charge < -0.3 is 11.1 Å². The zero-order valence-electron chi connectivity index (χ0n) is 11.9. The molecular weight excluding hydrogens is 312 g/mol. The van der Waals surface area contributed by atoms with Crippen LogP contribution in [0.4, 0.5) is 5.00 Å². The average Bonchev–Trinajstić information content (AvgIpc) is 2.89. The van der Waals surface area contributed by atoms with Crippen molar-refractivity contribution in [3.05, 3.63) is 32.9 Å². The molecule has 8 heteroatoms. The quantitative estimate of drug-likeness (QED) is 0.903. The Morgan fingerprint density at radius 1 is 1.52 bits per heavy atom. The van der Waals surface area contributed by atoms with Crippen molar-refractivity contribution in [2.75, 3.05) is 5.32 Å². The summed E-state index contributed by atoms with van der Waals surface area (Å²) in [5.74, 6) is -0.978. The van der Waals surface area contributed by atoms with Gasteiger partial charge in [-0.3, -0.25) is 14.3 Å². The van der Waals surface area contributed by atoms with Gasteiger partial charge in [-0.05, 0) is 18.9 Å². The van der Waals surface area contributed by atoms with Gasteiger partial charge in [0.1, 0.15) is 10.7 Å². The van der Waals surface area contributed by atoms with E-state index in [4.69, 9.17) is 17.3 Å². The summed E-state index contributed by atoms with van der Waals surface area (Å²) in [6.07, 6.45) is 2.06. The largest absolute Gasteiger partial charge is 0.365 e. The van der Waals surface area contributed by atoms with E-state index in [-0.39, 0.29) is 10.7 Å². The summed E-state index contributed by atoms with van der Waals surface area (Å²) in [5, 5.41) is 7.31. The van der Waals surface area contributed by atoms with Crippen LogP contribution in [0.2, 0.25) is 5.02 Å². The first kappa shape index (κ1) is 15.5. The molecule has 0 aromatic carbocycles. The van der Waals surface area contributed by atoms with E-state index in [1.54, 1.807) is 7.05 Å². The molecule has 0 unspecified atom stereocenters. The second kappa shape index (κ2) is 5.87. The van der Waals surface area contributed by atoms with E-state index < -0.39 is 11.8 Å². The van der Waals surface area contributed by atoms with Crippen LogP contribution in [0, 0.1) is 6.92 Å². The molecule has 0 radical (unpaired) electrons. The van der Waals surface area contributed by atoms with Crippen LogP contribution >= 0.6 is 22.9 Å². The molecule has 0 saturated heterocycles. The fourth-order valence-corrected chi connectivity index (χ4v) is 3.58. The number of nitrogens with zero attached hydrogens (tertiary/aromatic N) is 2. The van der Waals surface area contributed by atoms with E-state index in [1.807, 2.05) is 13.8 Å². The van der Waals surface area contributed by atoms with Crippen molar-refractivity contribution in [1.82, 2.24) is 9.78 Å². The maximum Gasteiger partial charge on any atom is 0.276 e. The monoisotopic (exact) mass is 326 g/mol. The zero-order valence-corrected chi connectivity index (χ0v) is 13.4. The summed E-state index contributed by atoms with van der Waals surface area (Å²) in [6.45, 7) is 3.83. The van der Waals surface area contributed by atoms with Crippen molar-refractivity contribution >= 4 is 39.8 Å². The second-order valence-corrected chi connectivity index (χ2v) is 6.11. The molecular formula is C13H15ClN4O2S. The van der Waals surface area contributed by atoms with Gasteiger partial charge in [0.2, 0.25) is 0 Å². The van der Waals surface area contributed by atoms with E-state index in [9.17, 15) is 9.59 Å². The minimum atomic E-state index is -0.553. The van der Waals surface area contributed by atoms with Crippen LogP contribution < -0.4 is 11.1 Å². The lowest BCUT2D eigenvalue weighted by Crippen LogP contribution is -2.20. The fourth-order valence-electron chi connectivity index (χ4n) is 2.18. The number of nitrogens with one attached hydrogen (secondary N) is 1. The van der Waals surface area contributed by atoms with Gasteiger partial charge in [-0.25, -0.2) is 0 Å². The van der Waals surface area contributed by atoms with Gasteiger partial charge in [0.15, 0.2) is 0 Å². The molecule has 6 nitrogen and oxygen atoms in total. The zero-order chi connectivity index (χ0) is 15.7. The van der Waals surface area contributed by atoms with Gasteiger partial charge >= 0.3 is 0 Å². The number of hydrogen-bond donors (Lipinski definition) is 2. The van der Waals surface area contributed by atoms with Gasteiger partial charge in [0.25, 0.3) is 11.8 Å². The number of aromatic nitrogens is 2. The number of primary amides is 1. The Bertz CT molecular complexity index is 701. The van der Waals surface area contributed by atoms with Crippen LogP contribution in [0.15, 0.2) is 6.20 Å². The summed E-state index contributed by atoms with van der Waals surface area (Å²) in [7, 11) is 1.62. The van der Waals surface area contributed by atoms with Crippen LogP contribution in [-0.4, -0.2) is 21.6 Å². The minimum Gasteiger partial charge on any atom is -0.365 e. The Labute approximate surface area is 130 Å². The van der Waals surface area contributed by atoms with Crippen molar-refractivity contribution in [1.29, 1.82) is 0 Å². The molecule has 3 N–H and O–H groups in total. The Kier molecular flexibility index (Phi) is 4.34. The number of rotatable bonds is 4. The Hall–Kier alpha value is -1.86. The normalized spacial score (nSPS) is 10.7. The molecule has 0 saturated carbocycles. The Morgan fingerprint density at radius 3 is 2.67 bits per heavy atom. The smallest absolute Gasteiger partial charge is 0.276 e. The highest BCUT2D eigenvalue weighted by Gasteiger charge is 2.23. The molecule has 21 heavy (non-hydrogen) atoms. The molecule has 0 atom stereocenters. The van der Waals surface area contributed by atoms with Crippen LogP contribution in [-0.2, 0) is 13.5 Å². The molecule has 2 amide bonds. The van der Waals surface area contributed by atoms with E-state index in [0.717, 1.165) is 10.4 Å². The topological polar surface area (TPSA) is 90.0 Å². The molecule has 2 aromatic heterocycles. The van der Waals surface area contributed by atoms with Gasteiger partial charge in [-0.2, -0.15) is 5.10 Å². The van der Waals surface area contributed by atoms with Crippen LogP contribution in [0.3, 0.4) is 0 Å². The molecule has 0 aliphatic heterocycles. The third-order valence-electron chi connectivity index (χ3n) is 3.15. The summed E-state index contributed by atoms with van der Waals surface area (Å²) in [5.41, 5.74) is 6.89. The molecule has 0 fully saturated rings. The van der Waals surface area contributed by atoms with Crippen molar-refractivity contribution in [2.24, 2.45) is 12.8 Å². The van der Waals surface area contributed by atoms with Crippen LogP contribution in [0.5, 0.6) is 0 Å². The highest BCUT2D eigenvalue weighted by atomic mass is 35.5. The summed E-state index contributed by atoms with van der Waals surface area (Å²) >= 11 is 7.27. The number of amides is 2. The average molecular weight is 327 g/mol.